The molecule has 3 aliphatic rings. The first-order valence-electron chi connectivity index (χ1n) is 20.2. The van der Waals surface area contributed by atoms with E-state index in [9.17, 15) is 19.5 Å². The Hall–Kier alpha value is -6.05. The number of methoxy groups -OCH3 is 2. The molecule has 1 unspecified atom stereocenters. The maximum atomic E-state index is 13.4. The number of nitrogens with one attached hydrogen (secondary N) is 1. The van der Waals surface area contributed by atoms with Crippen LogP contribution in [0, 0.1) is 0 Å². The number of alkyl carbamates (subject to hydrolysis) is 1. The van der Waals surface area contributed by atoms with E-state index in [0.717, 1.165) is 70.0 Å². The van der Waals surface area contributed by atoms with Crippen LogP contribution >= 0.6 is 0 Å². The average molecular weight is 812 g/mol. The molecule has 2 fully saturated rings. The van der Waals surface area contributed by atoms with Gasteiger partial charge < -0.3 is 34.1 Å². The first-order valence-corrected chi connectivity index (χ1v) is 20.2. The molecule has 5 aromatic rings. The SMILES string of the molecule is COc1cc2c(cc1OC)CN(C[C@H]1C[C@@H](c3ccc(CO)cc3)O[C@@H](c3ccc(-c4ccccc4CN4C(=O)CC(NC(=O)OCc5ccccc5)C4=O)cc3)O1)CC2. The highest BCUT2D eigenvalue weighted by molar-refractivity contribution is 6.06. The van der Waals surface area contributed by atoms with Gasteiger partial charge in [0, 0.05) is 31.6 Å². The number of fused-ring (bicyclic) bond motifs is 1. The average Bonchev–Trinajstić information content (AvgIpc) is 3.55. The third kappa shape index (κ3) is 9.22. The lowest BCUT2D eigenvalue weighted by Crippen LogP contribution is -2.41. The fourth-order valence-corrected chi connectivity index (χ4v) is 8.22. The van der Waals surface area contributed by atoms with Gasteiger partial charge >= 0.3 is 6.09 Å². The van der Waals surface area contributed by atoms with E-state index in [0.29, 0.717) is 13.0 Å². The fraction of sp³-hybridized carbons (Fsp3) is 0.312. The number of carbonyl (C=O) groups is 3. The van der Waals surface area contributed by atoms with E-state index in [1.165, 1.54) is 16.0 Å². The number of nitrogens with zero attached hydrogens (tertiary/aromatic N) is 2. The van der Waals surface area contributed by atoms with Crippen molar-refractivity contribution in [3.05, 3.63) is 154 Å². The fourth-order valence-electron chi connectivity index (χ4n) is 8.22. The molecule has 3 heterocycles. The lowest BCUT2D eigenvalue weighted by atomic mass is 9.96. The normalized spacial score (nSPS) is 20.4. The quantitative estimate of drug-likeness (QED) is 0.120. The van der Waals surface area contributed by atoms with Crippen LogP contribution in [-0.4, -0.2) is 72.3 Å². The Balaban J connectivity index is 0.957. The summed E-state index contributed by atoms with van der Waals surface area (Å²) in [5.41, 5.74) is 8.55. The van der Waals surface area contributed by atoms with Gasteiger partial charge in [0.15, 0.2) is 17.8 Å². The number of ether oxygens (including phenoxy) is 5. The smallest absolute Gasteiger partial charge is 0.408 e. The van der Waals surface area contributed by atoms with Crippen LogP contribution < -0.4 is 14.8 Å². The second kappa shape index (κ2) is 18.5. The number of likely N-dealkylation sites (tertiary alicyclic amines) is 1. The molecule has 12 heteroatoms. The third-order valence-corrected chi connectivity index (χ3v) is 11.5. The summed E-state index contributed by atoms with van der Waals surface area (Å²) in [5, 5.41) is 12.2. The molecule has 0 saturated carbocycles. The number of hydrogen-bond acceptors (Lipinski definition) is 10. The number of benzene rings is 5. The second-order valence-corrected chi connectivity index (χ2v) is 15.4. The van der Waals surface area contributed by atoms with Crippen LogP contribution in [0.4, 0.5) is 4.79 Å². The Morgan fingerprint density at radius 3 is 2.25 bits per heavy atom. The molecule has 3 amide bonds. The van der Waals surface area contributed by atoms with E-state index in [1.807, 2.05) is 103 Å². The molecular formula is C48H49N3O9. The lowest BCUT2D eigenvalue weighted by molar-refractivity contribution is -0.253. The minimum Gasteiger partial charge on any atom is -0.493 e. The number of amides is 3. The molecule has 310 valence electrons. The molecule has 0 radical (unpaired) electrons. The maximum Gasteiger partial charge on any atom is 0.408 e. The van der Waals surface area contributed by atoms with Crippen LogP contribution in [0.2, 0.25) is 0 Å². The summed E-state index contributed by atoms with van der Waals surface area (Å²) in [4.78, 5) is 42.6. The maximum absolute atomic E-state index is 13.4. The van der Waals surface area contributed by atoms with Crippen molar-refractivity contribution < 1.29 is 43.2 Å². The van der Waals surface area contributed by atoms with Crippen LogP contribution in [0.15, 0.2) is 115 Å². The van der Waals surface area contributed by atoms with Gasteiger partial charge in [0.1, 0.15) is 12.6 Å². The van der Waals surface area contributed by atoms with Gasteiger partial charge in [0.2, 0.25) is 5.91 Å². The predicted octanol–water partition coefficient (Wildman–Crippen LogP) is 7.02. The molecule has 4 atom stereocenters. The van der Waals surface area contributed by atoms with Crippen molar-refractivity contribution in [2.75, 3.05) is 27.3 Å². The summed E-state index contributed by atoms with van der Waals surface area (Å²) < 4.78 is 29.8. The molecule has 0 aliphatic carbocycles. The zero-order chi connectivity index (χ0) is 41.6. The molecule has 3 aliphatic heterocycles. The number of carbonyl (C=O) groups excluding carboxylic acids is 3. The van der Waals surface area contributed by atoms with Crippen LogP contribution in [0.1, 0.15) is 64.2 Å². The van der Waals surface area contributed by atoms with Crippen molar-refractivity contribution in [2.45, 2.75) is 70.1 Å². The Labute approximate surface area is 349 Å². The summed E-state index contributed by atoms with van der Waals surface area (Å²) in [5.74, 6) is 0.616. The van der Waals surface area contributed by atoms with Crippen LogP contribution in [-0.2, 0) is 56.5 Å². The Morgan fingerprint density at radius 2 is 1.52 bits per heavy atom. The highest BCUT2D eigenvalue weighted by Gasteiger charge is 2.40. The van der Waals surface area contributed by atoms with Crippen molar-refractivity contribution >= 4 is 17.9 Å². The minimum absolute atomic E-state index is 0.0306. The summed E-state index contributed by atoms with van der Waals surface area (Å²) in [7, 11) is 3.31. The molecular weight excluding hydrogens is 763 g/mol. The van der Waals surface area contributed by atoms with Crippen molar-refractivity contribution in [3.8, 4) is 22.6 Å². The lowest BCUT2D eigenvalue weighted by Gasteiger charge is -2.39. The summed E-state index contributed by atoms with van der Waals surface area (Å²) >= 11 is 0. The Bertz CT molecular complexity index is 2300. The van der Waals surface area contributed by atoms with Crippen molar-refractivity contribution in [1.82, 2.24) is 15.1 Å². The number of hydrogen-bond donors (Lipinski definition) is 2. The summed E-state index contributed by atoms with van der Waals surface area (Å²) in [6.45, 7) is 2.43. The molecule has 0 aromatic heterocycles. The summed E-state index contributed by atoms with van der Waals surface area (Å²) in [6.07, 6.45) is -0.347. The van der Waals surface area contributed by atoms with E-state index < -0.39 is 24.3 Å². The summed E-state index contributed by atoms with van der Waals surface area (Å²) in [6, 6.07) is 35.9. The molecule has 2 N–H and O–H groups in total. The number of rotatable bonds is 13. The van der Waals surface area contributed by atoms with Crippen molar-refractivity contribution in [2.24, 2.45) is 0 Å². The van der Waals surface area contributed by atoms with Crippen LogP contribution in [0.5, 0.6) is 11.5 Å². The molecule has 0 spiro atoms. The number of aliphatic hydroxyl groups is 1. The van der Waals surface area contributed by atoms with Gasteiger partial charge in [-0.15, -0.1) is 0 Å². The van der Waals surface area contributed by atoms with Gasteiger partial charge in [-0.05, 0) is 63.1 Å². The second-order valence-electron chi connectivity index (χ2n) is 15.4. The van der Waals surface area contributed by atoms with Gasteiger partial charge in [0.25, 0.3) is 5.91 Å². The third-order valence-electron chi connectivity index (χ3n) is 11.5. The standard InChI is InChI=1S/C48H49N3O9/c1-56-43-22-36-20-21-50(26-38(36)23-44(43)57-2)28-39-24-42(34-14-12-31(29-52)13-15-34)60-47(59-39)35-18-16-33(17-19-35)40-11-7-6-10-37(40)27-51-45(53)25-41(46(51)54)49-48(55)58-30-32-8-4-3-5-9-32/h3-19,22-23,39,41-42,47,52H,20-21,24-30H2,1-2H3,(H,49,55)/t39-,41?,42+,47+/m1/s1. The van der Waals surface area contributed by atoms with E-state index in [-0.39, 0.29) is 44.3 Å². The van der Waals surface area contributed by atoms with Gasteiger partial charge in [-0.1, -0.05) is 103 Å². The van der Waals surface area contributed by atoms with Gasteiger partial charge in [-0.25, -0.2) is 4.79 Å². The predicted molar refractivity (Wildman–Crippen MR) is 223 cm³/mol. The molecule has 0 bridgehead atoms. The van der Waals surface area contributed by atoms with Gasteiger partial charge in [-0.2, -0.15) is 0 Å². The highest BCUT2D eigenvalue weighted by atomic mass is 16.7. The van der Waals surface area contributed by atoms with Gasteiger partial charge in [0.05, 0.1) is 46.0 Å². The molecule has 2 saturated heterocycles. The minimum atomic E-state index is -0.999. The largest absolute Gasteiger partial charge is 0.493 e. The van der Waals surface area contributed by atoms with E-state index >= 15 is 0 Å². The molecule has 12 nitrogen and oxygen atoms in total. The monoisotopic (exact) mass is 811 g/mol. The number of aliphatic hydroxyl groups excluding tert-OH is 1. The topological polar surface area (TPSA) is 136 Å². The first-order chi connectivity index (χ1) is 29.3. The van der Waals surface area contributed by atoms with Crippen LogP contribution in [0.3, 0.4) is 0 Å². The molecule has 5 aromatic carbocycles. The van der Waals surface area contributed by atoms with E-state index in [2.05, 4.69) is 22.3 Å². The Kier molecular flexibility index (Phi) is 12.5. The Morgan fingerprint density at radius 1 is 0.817 bits per heavy atom. The van der Waals surface area contributed by atoms with Crippen LogP contribution in [0.25, 0.3) is 11.1 Å². The number of imide groups is 1. The highest BCUT2D eigenvalue weighted by Crippen LogP contribution is 2.40. The van der Waals surface area contributed by atoms with E-state index in [1.54, 1.807) is 14.2 Å². The first kappa shape index (κ1) is 40.7. The zero-order valence-electron chi connectivity index (χ0n) is 33.8. The van der Waals surface area contributed by atoms with E-state index in [4.69, 9.17) is 23.7 Å². The van der Waals surface area contributed by atoms with Gasteiger partial charge in [-0.3, -0.25) is 19.4 Å². The molecule has 8 rings (SSSR count). The molecule has 60 heavy (non-hydrogen) atoms. The zero-order valence-corrected chi connectivity index (χ0v) is 33.8. The van der Waals surface area contributed by atoms with Crippen molar-refractivity contribution in [3.63, 3.8) is 0 Å². The van der Waals surface area contributed by atoms with Crippen molar-refractivity contribution in [1.29, 1.82) is 0 Å².